The second kappa shape index (κ2) is 3.45. The third kappa shape index (κ3) is 1.42. The molecule has 0 aromatic heterocycles. The van der Waals surface area contributed by atoms with Gasteiger partial charge in [-0.25, -0.2) is 8.42 Å². The van der Waals surface area contributed by atoms with Crippen molar-refractivity contribution in [2.75, 3.05) is 0 Å². The van der Waals surface area contributed by atoms with E-state index in [1.165, 1.54) is 0 Å². The van der Waals surface area contributed by atoms with Gasteiger partial charge in [-0.2, -0.15) is 0 Å². The smallest absolute Gasteiger partial charge is 0.181 e. The number of hydrogen-bond donors (Lipinski definition) is 0. The fourth-order valence-corrected chi connectivity index (χ4v) is 4.92. The van der Waals surface area contributed by atoms with Gasteiger partial charge in [-0.3, -0.25) is 0 Å². The van der Waals surface area contributed by atoms with Crippen LogP contribution in [0.2, 0.25) is 0 Å². The van der Waals surface area contributed by atoms with Gasteiger partial charge >= 0.3 is 0 Å². The van der Waals surface area contributed by atoms with Gasteiger partial charge in [0.05, 0.1) is 10.1 Å². The first-order valence-electron chi connectivity index (χ1n) is 5.65. The van der Waals surface area contributed by atoms with Gasteiger partial charge in [0, 0.05) is 0 Å². The van der Waals surface area contributed by atoms with Crippen LogP contribution in [-0.2, 0) is 9.84 Å². The quantitative estimate of drug-likeness (QED) is 0.736. The van der Waals surface area contributed by atoms with Crippen LogP contribution < -0.4 is 0 Å². The number of benzene rings is 1. The van der Waals surface area contributed by atoms with Crippen LogP contribution >= 0.6 is 0 Å². The van der Waals surface area contributed by atoms with Gasteiger partial charge in [0.25, 0.3) is 0 Å². The van der Waals surface area contributed by atoms with Crippen molar-refractivity contribution >= 4 is 9.84 Å². The van der Waals surface area contributed by atoms with Crippen LogP contribution in [0.15, 0.2) is 47.4 Å². The van der Waals surface area contributed by atoms with Crippen LogP contribution in [0.1, 0.15) is 12.8 Å². The fourth-order valence-electron chi connectivity index (χ4n) is 2.87. The molecule has 3 heteroatoms. The Morgan fingerprint density at radius 2 is 1.75 bits per heavy atom. The number of fused-ring (bicyclic) bond motifs is 2. The summed E-state index contributed by atoms with van der Waals surface area (Å²) in [4.78, 5) is 0.473. The normalized spacial score (nSPS) is 32.1. The lowest BCUT2D eigenvalue weighted by atomic mass is 10.1. The van der Waals surface area contributed by atoms with Crippen molar-refractivity contribution in [1.82, 2.24) is 0 Å². The molecular weight excluding hydrogens is 220 g/mol. The second-order valence-corrected chi connectivity index (χ2v) is 6.84. The SMILES string of the molecule is O=S(=O)(c1ccccc1)[C@@H]1C[C@@H]2C=C[C@H]1C2. The molecule has 1 fully saturated rings. The minimum Gasteiger partial charge on any atom is -0.223 e. The third-order valence-electron chi connectivity index (χ3n) is 3.69. The molecule has 0 N–H and O–H groups in total. The molecule has 1 aromatic rings. The highest BCUT2D eigenvalue weighted by atomic mass is 32.2. The van der Waals surface area contributed by atoms with Crippen molar-refractivity contribution in [1.29, 1.82) is 0 Å². The summed E-state index contributed by atoms with van der Waals surface area (Å²) in [6.45, 7) is 0. The number of hydrogen-bond acceptors (Lipinski definition) is 2. The van der Waals surface area contributed by atoms with Crippen LogP contribution in [-0.4, -0.2) is 13.7 Å². The topological polar surface area (TPSA) is 34.1 Å². The van der Waals surface area contributed by atoms with Gasteiger partial charge in [0.15, 0.2) is 9.84 Å². The Morgan fingerprint density at radius 3 is 2.31 bits per heavy atom. The zero-order valence-corrected chi connectivity index (χ0v) is 9.73. The van der Waals surface area contributed by atoms with Crippen molar-refractivity contribution in [3.05, 3.63) is 42.5 Å². The van der Waals surface area contributed by atoms with Crippen molar-refractivity contribution in [3.63, 3.8) is 0 Å². The molecule has 2 bridgehead atoms. The van der Waals surface area contributed by atoms with Gasteiger partial charge < -0.3 is 0 Å². The Morgan fingerprint density at radius 1 is 1.00 bits per heavy atom. The molecule has 0 spiro atoms. The molecule has 0 unspecified atom stereocenters. The van der Waals surface area contributed by atoms with Crippen LogP contribution in [0.3, 0.4) is 0 Å². The maximum absolute atomic E-state index is 12.4. The summed E-state index contributed by atoms with van der Waals surface area (Å²) in [5.41, 5.74) is 0. The van der Waals surface area contributed by atoms with E-state index in [1.807, 2.05) is 6.07 Å². The van der Waals surface area contributed by atoms with Crippen LogP contribution in [0, 0.1) is 11.8 Å². The molecule has 0 saturated heterocycles. The minimum absolute atomic E-state index is 0.190. The molecule has 1 saturated carbocycles. The Labute approximate surface area is 95.9 Å². The van der Waals surface area contributed by atoms with E-state index in [0.29, 0.717) is 10.8 Å². The molecule has 0 radical (unpaired) electrons. The number of sulfone groups is 1. The Kier molecular flexibility index (Phi) is 2.18. The Balaban J connectivity index is 1.98. The lowest BCUT2D eigenvalue weighted by Gasteiger charge is -2.18. The summed E-state index contributed by atoms with van der Waals surface area (Å²) in [7, 11) is -3.12. The minimum atomic E-state index is -3.12. The predicted molar refractivity (Wildman–Crippen MR) is 62.8 cm³/mol. The standard InChI is InChI=1S/C13H14O2S/c14-16(15,12-4-2-1-3-5-12)13-9-10-6-7-11(13)8-10/h1-7,10-11,13H,8-9H2/t10-,11+,13-/m1/s1. The monoisotopic (exact) mass is 234 g/mol. The van der Waals surface area contributed by atoms with Crippen molar-refractivity contribution in [2.45, 2.75) is 23.0 Å². The second-order valence-electron chi connectivity index (χ2n) is 4.68. The molecule has 2 aliphatic carbocycles. The van der Waals surface area contributed by atoms with Gasteiger partial charge in [-0.1, -0.05) is 30.4 Å². The van der Waals surface area contributed by atoms with Crippen molar-refractivity contribution in [2.24, 2.45) is 11.8 Å². The van der Waals surface area contributed by atoms with Crippen LogP contribution in [0.5, 0.6) is 0 Å². The summed E-state index contributed by atoms with van der Waals surface area (Å²) in [6.07, 6.45) is 6.08. The molecule has 0 aliphatic heterocycles. The number of rotatable bonds is 2. The summed E-state index contributed by atoms with van der Waals surface area (Å²) in [5, 5.41) is -0.190. The Hall–Kier alpha value is -1.09. The zero-order chi connectivity index (χ0) is 11.2. The zero-order valence-electron chi connectivity index (χ0n) is 8.91. The molecule has 3 rings (SSSR count). The van der Waals surface area contributed by atoms with E-state index >= 15 is 0 Å². The number of allylic oxidation sites excluding steroid dienone is 2. The summed E-state index contributed by atoms with van der Waals surface area (Å²) < 4.78 is 24.8. The molecule has 0 heterocycles. The molecule has 2 nitrogen and oxygen atoms in total. The van der Waals surface area contributed by atoms with Crippen molar-refractivity contribution in [3.8, 4) is 0 Å². The van der Waals surface area contributed by atoms with Crippen molar-refractivity contribution < 1.29 is 8.42 Å². The van der Waals surface area contributed by atoms with E-state index in [1.54, 1.807) is 24.3 Å². The largest absolute Gasteiger partial charge is 0.223 e. The lowest BCUT2D eigenvalue weighted by molar-refractivity contribution is 0.561. The molecule has 3 atom stereocenters. The summed E-state index contributed by atoms with van der Waals surface area (Å²) in [6, 6.07) is 8.82. The van der Waals surface area contributed by atoms with Crippen LogP contribution in [0.25, 0.3) is 0 Å². The van der Waals surface area contributed by atoms with Gasteiger partial charge in [0.2, 0.25) is 0 Å². The average molecular weight is 234 g/mol. The van der Waals surface area contributed by atoms with Gasteiger partial charge in [-0.05, 0) is 36.8 Å². The fraction of sp³-hybridized carbons (Fsp3) is 0.385. The predicted octanol–water partition coefficient (Wildman–Crippen LogP) is 2.42. The van der Waals surface area contributed by atoms with E-state index in [-0.39, 0.29) is 11.2 Å². The highest BCUT2D eigenvalue weighted by Gasteiger charge is 2.43. The molecule has 1 aromatic carbocycles. The summed E-state index contributed by atoms with van der Waals surface area (Å²) >= 11 is 0. The van der Waals surface area contributed by atoms with E-state index < -0.39 is 9.84 Å². The first-order chi connectivity index (χ1) is 7.68. The lowest BCUT2D eigenvalue weighted by Crippen LogP contribution is -2.25. The third-order valence-corrected chi connectivity index (χ3v) is 5.96. The van der Waals surface area contributed by atoms with E-state index in [2.05, 4.69) is 12.2 Å². The first-order valence-corrected chi connectivity index (χ1v) is 7.20. The maximum atomic E-state index is 12.4. The highest BCUT2D eigenvalue weighted by Crippen LogP contribution is 2.44. The van der Waals surface area contributed by atoms with E-state index in [0.717, 1.165) is 12.8 Å². The highest BCUT2D eigenvalue weighted by molar-refractivity contribution is 7.92. The molecule has 2 aliphatic rings. The molecule has 16 heavy (non-hydrogen) atoms. The molecule has 0 amide bonds. The van der Waals surface area contributed by atoms with Crippen LogP contribution in [0.4, 0.5) is 0 Å². The molecule has 84 valence electrons. The maximum Gasteiger partial charge on any atom is 0.181 e. The first kappa shape index (κ1) is 10.1. The van der Waals surface area contributed by atoms with E-state index in [4.69, 9.17) is 0 Å². The molecular formula is C13H14O2S. The summed E-state index contributed by atoms with van der Waals surface area (Å²) in [5.74, 6) is 0.740. The van der Waals surface area contributed by atoms with Gasteiger partial charge in [0.1, 0.15) is 0 Å². The van der Waals surface area contributed by atoms with E-state index in [9.17, 15) is 8.42 Å². The average Bonchev–Trinajstić information content (AvgIpc) is 2.92. The van der Waals surface area contributed by atoms with Gasteiger partial charge in [-0.15, -0.1) is 0 Å². The Bertz CT molecular complexity index is 516.